The average Bonchev–Trinajstić information content (AvgIpc) is 2.14. The third-order valence-electron chi connectivity index (χ3n) is 2.16. The van der Waals surface area contributed by atoms with Crippen LogP contribution in [0.25, 0.3) is 0 Å². The molecule has 6 heteroatoms. The van der Waals surface area contributed by atoms with Crippen LogP contribution in [0.1, 0.15) is 11.6 Å². The summed E-state index contributed by atoms with van der Waals surface area (Å²) >= 11 is 0. The fraction of sp³-hybridized carbons (Fsp3) is 0.400. The van der Waals surface area contributed by atoms with Crippen molar-refractivity contribution in [3.63, 3.8) is 0 Å². The van der Waals surface area contributed by atoms with Crippen molar-refractivity contribution in [2.24, 2.45) is 5.73 Å². The lowest BCUT2D eigenvalue weighted by molar-refractivity contribution is -0.149. The van der Waals surface area contributed by atoms with Crippen LogP contribution in [0.15, 0.2) is 18.2 Å². The number of hydrogen-bond acceptors (Lipinski definition) is 2. The Kier molecular flexibility index (Phi) is 3.42. The Labute approximate surface area is 90.7 Å². The van der Waals surface area contributed by atoms with Crippen molar-refractivity contribution in [1.29, 1.82) is 0 Å². The van der Waals surface area contributed by atoms with Gasteiger partial charge in [0.05, 0.1) is 0 Å². The molecule has 16 heavy (non-hydrogen) atoms. The van der Waals surface area contributed by atoms with Crippen molar-refractivity contribution < 1.29 is 17.6 Å². The minimum absolute atomic E-state index is 0.256. The summed E-state index contributed by atoms with van der Waals surface area (Å²) in [5.41, 5.74) is 5.05. The number of alkyl halides is 3. The summed E-state index contributed by atoms with van der Waals surface area (Å²) in [5, 5.41) is 0. The normalized spacial score (nSPS) is 13.7. The van der Waals surface area contributed by atoms with Crippen LogP contribution in [0.4, 0.5) is 23.2 Å². The molecule has 1 unspecified atom stereocenters. The predicted molar refractivity (Wildman–Crippen MR) is 53.7 cm³/mol. The molecule has 1 aromatic carbocycles. The third-order valence-corrected chi connectivity index (χ3v) is 2.16. The molecule has 90 valence electrons. The van der Waals surface area contributed by atoms with Gasteiger partial charge in [-0.1, -0.05) is 0 Å². The third kappa shape index (κ3) is 2.63. The molecule has 0 aliphatic carbocycles. The lowest BCUT2D eigenvalue weighted by Crippen LogP contribution is -2.30. The highest BCUT2D eigenvalue weighted by atomic mass is 19.4. The van der Waals surface area contributed by atoms with Gasteiger partial charge >= 0.3 is 6.18 Å². The molecule has 0 radical (unpaired) electrons. The van der Waals surface area contributed by atoms with Crippen molar-refractivity contribution in [1.82, 2.24) is 0 Å². The van der Waals surface area contributed by atoms with Crippen molar-refractivity contribution in [2.75, 3.05) is 19.0 Å². The number of nitrogens with two attached hydrogens (primary N) is 1. The summed E-state index contributed by atoms with van der Waals surface area (Å²) in [6.07, 6.45) is -4.58. The molecule has 0 aliphatic heterocycles. The van der Waals surface area contributed by atoms with Gasteiger partial charge in [-0.15, -0.1) is 0 Å². The second-order valence-electron chi connectivity index (χ2n) is 3.62. The lowest BCUT2D eigenvalue weighted by Gasteiger charge is -2.23. The number of halogens is 4. The van der Waals surface area contributed by atoms with Crippen LogP contribution in [0, 0.1) is 5.82 Å². The summed E-state index contributed by atoms with van der Waals surface area (Å²) in [6, 6.07) is 1.01. The highest BCUT2D eigenvalue weighted by molar-refractivity contribution is 5.54. The van der Waals surface area contributed by atoms with E-state index in [1.165, 1.54) is 11.0 Å². The quantitative estimate of drug-likeness (QED) is 0.799. The molecular formula is C10H12F4N2. The second-order valence-corrected chi connectivity index (χ2v) is 3.62. The minimum Gasteiger partial charge on any atom is -0.377 e. The van der Waals surface area contributed by atoms with Crippen LogP contribution in [-0.4, -0.2) is 20.3 Å². The molecule has 0 bridgehead atoms. The number of hydrogen-bond donors (Lipinski definition) is 1. The van der Waals surface area contributed by atoms with E-state index in [1.807, 2.05) is 0 Å². The fourth-order valence-electron chi connectivity index (χ4n) is 1.36. The molecule has 2 nitrogen and oxygen atoms in total. The van der Waals surface area contributed by atoms with E-state index in [9.17, 15) is 17.6 Å². The highest BCUT2D eigenvalue weighted by Gasteiger charge is 2.39. The Morgan fingerprint density at radius 1 is 1.25 bits per heavy atom. The lowest BCUT2D eigenvalue weighted by atomic mass is 10.0. The SMILES string of the molecule is CN(C)c1ccc(F)cc1C(N)C(F)(F)F. The van der Waals surface area contributed by atoms with Crippen LogP contribution in [0.2, 0.25) is 0 Å². The molecule has 0 aromatic heterocycles. The fourth-order valence-corrected chi connectivity index (χ4v) is 1.36. The molecule has 2 N–H and O–H groups in total. The van der Waals surface area contributed by atoms with E-state index in [0.717, 1.165) is 12.1 Å². The van der Waals surface area contributed by atoms with Gasteiger partial charge in [-0.05, 0) is 18.2 Å². The second kappa shape index (κ2) is 4.29. The van der Waals surface area contributed by atoms with Crippen LogP contribution in [0.5, 0.6) is 0 Å². The van der Waals surface area contributed by atoms with E-state index in [4.69, 9.17) is 5.73 Å². The van der Waals surface area contributed by atoms with Crippen LogP contribution in [0.3, 0.4) is 0 Å². The maximum atomic E-state index is 12.9. The Balaban J connectivity index is 3.25. The zero-order chi connectivity index (χ0) is 12.5. The van der Waals surface area contributed by atoms with Crippen LogP contribution < -0.4 is 10.6 Å². The van der Waals surface area contributed by atoms with Gasteiger partial charge in [0.25, 0.3) is 0 Å². The summed E-state index contributed by atoms with van der Waals surface area (Å²) in [6.45, 7) is 0. The first kappa shape index (κ1) is 12.8. The van der Waals surface area contributed by atoms with E-state index < -0.39 is 18.0 Å². The van der Waals surface area contributed by atoms with Gasteiger partial charge in [0.1, 0.15) is 11.9 Å². The van der Waals surface area contributed by atoms with Gasteiger partial charge in [-0.3, -0.25) is 0 Å². The van der Waals surface area contributed by atoms with Gasteiger partial charge in [-0.25, -0.2) is 4.39 Å². The molecule has 0 saturated carbocycles. The van der Waals surface area contributed by atoms with E-state index >= 15 is 0 Å². The maximum absolute atomic E-state index is 12.9. The molecule has 0 saturated heterocycles. The Morgan fingerprint density at radius 3 is 2.25 bits per heavy atom. The van der Waals surface area contributed by atoms with Crippen LogP contribution in [-0.2, 0) is 0 Å². The van der Waals surface area contributed by atoms with E-state index in [-0.39, 0.29) is 11.3 Å². The molecule has 1 aromatic rings. The van der Waals surface area contributed by atoms with Crippen molar-refractivity contribution >= 4 is 5.69 Å². The van der Waals surface area contributed by atoms with Gasteiger partial charge < -0.3 is 10.6 Å². The summed E-state index contributed by atoms with van der Waals surface area (Å²) in [7, 11) is 3.14. The molecular weight excluding hydrogens is 224 g/mol. The molecule has 0 fully saturated rings. The standard InChI is InChI=1S/C10H12F4N2/c1-16(2)8-4-3-6(11)5-7(8)9(15)10(12,13)14/h3-5,9H,15H2,1-2H3. The molecule has 0 aliphatic rings. The number of anilines is 1. The summed E-state index contributed by atoms with van der Waals surface area (Å²) < 4.78 is 50.2. The monoisotopic (exact) mass is 236 g/mol. The molecule has 0 heterocycles. The number of nitrogens with zero attached hydrogens (tertiary/aromatic N) is 1. The van der Waals surface area contributed by atoms with Gasteiger partial charge in [-0.2, -0.15) is 13.2 Å². The molecule has 0 amide bonds. The topological polar surface area (TPSA) is 29.3 Å². The smallest absolute Gasteiger partial charge is 0.377 e. The first-order valence-electron chi connectivity index (χ1n) is 4.52. The maximum Gasteiger partial charge on any atom is 0.407 e. The summed E-state index contributed by atoms with van der Waals surface area (Å²) in [4.78, 5) is 1.46. The van der Waals surface area contributed by atoms with Gasteiger partial charge in [0.15, 0.2) is 0 Å². The Hall–Kier alpha value is -1.30. The van der Waals surface area contributed by atoms with E-state index in [2.05, 4.69) is 0 Å². The summed E-state index contributed by atoms with van der Waals surface area (Å²) in [5.74, 6) is -0.736. The Morgan fingerprint density at radius 2 is 1.81 bits per heavy atom. The van der Waals surface area contributed by atoms with Crippen LogP contribution >= 0.6 is 0 Å². The zero-order valence-corrected chi connectivity index (χ0v) is 8.85. The van der Waals surface area contributed by atoms with Crippen molar-refractivity contribution in [2.45, 2.75) is 12.2 Å². The zero-order valence-electron chi connectivity index (χ0n) is 8.85. The van der Waals surface area contributed by atoms with Crippen molar-refractivity contribution in [3.8, 4) is 0 Å². The number of rotatable bonds is 2. The molecule has 1 atom stereocenters. The van der Waals surface area contributed by atoms with E-state index in [1.54, 1.807) is 14.1 Å². The van der Waals surface area contributed by atoms with E-state index in [0.29, 0.717) is 0 Å². The van der Waals surface area contributed by atoms with Crippen molar-refractivity contribution in [3.05, 3.63) is 29.6 Å². The molecule has 1 rings (SSSR count). The minimum atomic E-state index is -4.58. The predicted octanol–water partition coefficient (Wildman–Crippen LogP) is 2.45. The number of benzene rings is 1. The average molecular weight is 236 g/mol. The molecule has 0 spiro atoms. The first-order chi connectivity index (χ1) is 7.23. The largest absolute Gasteiger partial charge is 0.407 e. The van der Waals surface area contributed by atoms with Gasteiger partial charge in [0.2, 0.25) is 0 Å². The Bertz CT molecular complexity index is 374. The van der Waals surface area contributed by atoms with Gasteiger partial charge in [0, 0.05) is 25.3 Å². The highest BCUT2D eigenvalue weighted by Crippen LogP contribution is 2.35. The first-order valence-corrected chi connectivity index (χ1v) is 4.52.